The van der Waals surface area contributed by atoms with Crippen molar-refractivity contribution in [3.05, 3.63) is 48.0 Å². The van der Waals surface area contributed by atoms with Gasteiger partial charge in [0.05, 0.1) is 0 Å². The van der Waals surface area contributed by atoms with E-state index in [1.165, 1.54) is 7.05 Å². The van der Waals surface area contributed by atoms with Crippen molar-refractivity contribution in [2.45, 2.75) is 6.54 Å². The van der Waals surface area contributed by atoms with Gasteiger partial charge >= 0.3 is 5.97 Å². The fourth-order valence-corrected chi connectivity index (χ4v) is 2.84. The Labute approximate surface area is 117 Å². The quantitative estimate of drug-likeness (QED) is 0.910. The van der Waals surface area contributed by atoms with Crippen LogP contribution >= 0.6 is 0 Å². The van der Waals surface area contributed by atoms with E-state index in [0.29, 0.717) is 0 Å². The maximum absolute atomic E-state index is 11.8. The van der Waals surface area contributed by atoms with Gasteiger partial charge in [-0.1, -0.05) is 36.4 Å². The second-order valence-electron chi connectivity index (χ2n) is 4.59. The number of benzene rings is 2. The van der Waals surface area contributed by atoms with Crippen LogP contribution in [0.1, 0.15) is 5.56 Å². The molecule has 5 nitrogen and oxygen atoms in total. The Kier molecular flexibility index (Phi) is 4.06. The fourth-order valence-electron chi connectivity index (χ4n) is 1.96. The van der Waals surface area contributed by atoms with Gasteiger partial charge < -0.3 is 5.11 Å². The summed E-state index contributed by atoms with van der Waals surface area (Å²) < 4.78 is 24.6. The first-order valence-corrected chi connectivity index (χ1v) is 7.63. The van der Waals surface area contributed by atoms with Crippen molar-refractivity contribution in [1.82, 2.24) is 4.31 Å². The van der Waals surface area contributed by atoms with Crippen molar-refractivity contribution in [2.75, 3.05) is 12.8 Å². The predicted molar refractivity (Wildman–Crippen MR) is 76.8 cm³/mol. The van der Waals surface area contributed by atoms with Crippen LogP contribution in [0.25, 0.3) is 10.8 Å². The molecule has 0 amide bonds. The van der Waals surface area contributed by atoms with E-state index in [9.17, 15) is 13.2 Å². The SMILES string of the molecule is CN(Cc1ccc2ccccc2c1)S(=O)(=O)CC(=O)O. The zero-order valence-electron chi connectivity index (χ0n) is 11.0. The molecule has 2 aromatic carbocycles. The largest absolute Gasteiger partial charge is 0.480 e. The second kappa shape index (κ2) is 5.60. The molecule has 0 saturated heterocycles. The summed E-state index contributed by atoms with van der Waals surface area (Å²) in [5.74, 6) is -2.24. The van der Waals surface area contributed by atoms with E-state index >= 15 is 0 Å². The molecule has 0 saturated carbocycles. The number of fused-ring (bicyclic) bond motifs is 1. The summed E-state index contributed by atoms with van der Waals surface area (Å²) in [6.45, 7) is 0.153. The molecule has 6 heteroatoms. The van der Waals surface area contributed by atoms with Gasteiger partial charge in [0.2, 0.25) is 10.0 Å². The van der Waals surface area contributed by atoms with Crippen LogP contribution in [0, 0.1) is 0 Å². The minimum Gasteiger partial charge on any atom is -0.480 e. The van der Waals surface area contributed by atoms with Gasteiger partial charge in [-0.15, -0.1) is 0 Å². The average Bonchev–Trinajstić information content (AvgIpc) is 2.37. The van der Waals surface area contributed by atoms with Crippen molar-refractivity contribution in [3.8, 4) is 0 Å². The summed E-state index contributed by atoms with van der Waals surface area (Å²) in [6, 6.07) is 13.4. The summed E-state index contributed by atoms with van der Waals surface area (Å²) in [7, 11) is -2.39. The third kappa shape index (κ3) is 3.34. The molecule has 106 valence electrons. The van der Waals surface area contributed by atoms with Gasteiger partial charge in [-0.25, -0.2) is 12.7 Å². The topological polar surface area (TPSA) is 74.7 Å². The molecule has 0 heterocycles. The van der Waals surface area contributed by atoms with Crippen molar-refractivity contribution in [3.63, 3.8) is 0 Å². The normalized spacial score (nSPS) is 11.9. The molecule has 0 atom stereocenters. The molecule has 0 fully saturated rings. The van der Waals surface area contributed by atoms with Gasteiger partial charge in [0.25, 0.3) is 0 Å². The Bertz CT molecular complexity index is 740. The smallest absolute Gasteiger partial charge is 0.320 e. The minimum absolute atomic E-state index is 0.153. The first-order valence-electron chi connectivity index (χ1n) is 6.02. The van der Waals surface area contributed by atoms with Gasteiger partial charge in [0.15, 0.2) is 5.75 Å². The summed E-state index contributed by atoms with van der Waals surface area (Å²) in [5.41, 5.74) is 0.820. The van der Waals surface area contributed by atoms with Crippen molar-refractivity contribution in [2.24, 2.45) is 0 Å². The third-order valence-electron chi connectivity index (χ3n) is 3.00. The molecule has 0 aliphatic rings. The average molecular weight is 293 g/mol. The van der Waals surface area contributed by atoms with Gasteiger partial charge in [0.1, 0.15) is 0 Å². The monoisotopic (exact) mass is 293 g/mol. The van der Waals surface area contributed by atoms with Gasteiger partial charge in [-0.05, 0) is 22.4 Å². The zero-order chi connectivity index (χ0) is 14.8. The van der Waals surface area contributed by atoms with Gasteiger partial charge in [0, 0.05) is 13.6 Å². The fraction of sp³-hybridized carbons (Fsp3) is 0.214. The molecule has 20 heavy (non-hydrogen) atoms. The summed E-state index contributed by atoms with van der Waals surface area (Å²) in [6.07, 6.45) is 0. The van der Waals surface area contributed by atoms with Crippen LogP contribution in [-0.2, 0) is 21.4 Å². The van der Waals surface area contributed by atoms with E-state index in [0.717, 1.165) is 20.6 Å². The molecule has 2 aromatic rings. The lowest BCUT2D eigenvalue weighted by molar-refractivity contribution is -0.134. The Morgan fingerprint density at radius 3 is 2.45 bits per heavy atom. The van der Waals surface area contributed by atoms with E-state index in [-0.39, 0.29) is 6.54 Å². The molecule has 0 aliphatic heterocycles. The molecular weight excluding hydrogens is 278 g/mol. The van der Waals surface area contributed by atoms with Crippen LogP contribution < -0.4 is 0 Å². The number of aliphatic carboxylic acids is 1. The van der Waals surface area contributed by atoms with E-state index in [4.69, 9.17) is 5.11 Å². The summed E-state index contributed by atoms with van der Waals surface area (Å²) >= 11 is 0. The van der Waals surface area contributed by atoms with Crippen molar-refractivity contribution >= 4 is 26.8 Å². The summed E-state index contributed by atoms with van der Waals surface area (Å²) in [5, 5.41) is 10.7. The molecule has 0 spiro atoms. The third-order valence-corrected chi connectivity index (χ3v) is 4.69. The molecular formula is C14H15NO4S. The molecule has 1 N–H and O–H groups in total. The number of carboxylic acid groups (broad SMARTS) is 1. The molecule has 0 radical (unpaired) electrons. The molecule has 0 aromatic heterocycles. The molecule has 0 bridgehead atoms. The van der Waals surface area contributed by atoms with Crippen LogP contribution in [0.15, 0.2) is 42.5 Å². The van der Waals surface area contributed by atoms with Crippen LogP contribution in [0.5, 0.6) is 0 Å². The second-order valence-corrected chi connectivity index (χ2v) is 6.66. The highest BCUT2D eigenvalue weighted by Gasteiger charge is 2.21. The van der Waals surface area contributed by atoms with Gasteiger partial charge in [-0.2, -0.15) is 0 Å². The maximum atomic E-state index is 11.8. The van der Waals surface area contributed by atoms with Crippen LogP contribution in [0.2, 0.25) is 0 Å². The Hall–Kier alpha value is -1.92. The Morgan fingerprint density at radius 1 is 1.15 bits per heavy atom. The highest BCUT2D eigenvalue weighted by atomic mass is 32.2. The lowest BCUT2D eigenvalue weighted by Gasteiger charge is -2.16. The Balaban J connectivity index is 2.21. The number of nitrogens with zero attached hydrogens (tertiary/aromatic N) is 1. The lowest BCUT2D eigenvalue weighted by Crippen LogP contribution is -2.31. The number of rotatable bonds is 5. The van der Waals surface area contributed by atoms with Crippen LogP contribution in [-0.4, -0.2) is 36.6 Å². The number of sulfonamides is 1. The minimum atomic E-state index is -3.78. The number of hydrogen-bond acceptors (Lipinski definition) is 3. The Morgan fingerprint density at radius 2 is 1.80 bits per heavy atom. The first kappa shape index (κ1) is 14.5. The maximum Gasteiger partial charge on any atom is 0.320 e. The van der Waals surface area contributed by atoms with Crippen LogP contribution in [0.3, 0.4) is 0 Å². The molecule has 0 unspecified atom stereocenters. The van der Waals surface area contributed by atoms with Crippen molar-refractivity contribution < 1.29 is 18.3 Å². The standard InChI is InChI=1S/C14H15NO4S/c1-15(20(18,19)10-14(16)17)9-11-6-7-12-4-2-3-5-13(12)8-11/h2-8H,9-10H2,1H3,(H,16,17). The highest BCUT2D eigenvalue weighted by molar-refractivity contribution is 7.89. The number of hydrogen-bond donors (Lipinski definition) is 1. The number of carboxylic acids is 1. The highest BCUT2D eigenvalue weighted by Crippen LogP contribution is 2.17. The first-order chi connectivity index (χ1) is 9.38. The lowest BCUT2D eigenvalue weighted by atomic mass is 10.1. The zero-order valence-corrected chi connectivity index (χ0v) is 11.8. The number of carbonyl (C=O) groups is 1. The predicted octanol–water partition coefficient (Wildman–Crippen LogP) is 1.69. The van der Waals surface area contributed by atoms with E-state index < -0.39 is 21.7 Å². The molecule has 0 aliphatic carbocycles. The molecule has 2 rings (SSSR count). The summed E-state index contributed by atoms with van der Waals surface area (Å²) in [4.78, 5) is 10.5. The van der Waals surface area contributed by atoms with E-state index in [1.807, 2.05) is 42.5 Å². The van der Waals surface area contributed by atoms with Crippen molar-refractivity contribution in [1.29, 1.82) is 0 Å². The van der Waals surface area contributed by atoms with Crippen LogP contribution in [0.4, 0.5) is 0 Å². The van der Waals surface area contributed by atoms with Gasteiger partial charge in [-0.3, -0.25) is 4.79 Å². The van der Waals surface area contributed by atoms with E-state index in [1.54, 1.807) is 0 Å². The van der Waals surface area contributed by atoms with E-state index in [2.05, 4.69) is 0 Å².